The third kappa shape index (κ3) is 2.05. The summed E-state index contributed by atoms with van der Waals surface area (Å²) in [6.45, 7) is 2.13. The molecule has 4 nitrogen and oxygen atoms in total. The second-order valence-electron chi connectivity index (χ2n) is 5.45. The zero-order valence-corrected chi connectivity index (χ0v) is 10.8. The molecule has 0 amide bonds. The van der Waals surface area contributed by atoms with Gasteiger partial charge in [-0.25, -0.2) is 0 Å². The molecule has 1 fully saturated rings. The summed E-state index contributed by atoms with van der Waals surface area (Å²) < 4.78 is 5.97. The summed E-state index contributed by atoms with van der Waals surface area (Å²) >= 11 is 0. The number of hydrogen-bond acceptors (Lipinski definition) is 4. The Labute approximate surface area is 108 Å². The van der Waals surface area contributed by atoms with E-state index in [0.29, 0.717) is 12.0 Å². The topological polar surface area (TPSA) is 60.2 Å². The van der Waals surface area contributed by atoms with Crippen LogP contribution in [0.15, 0.2) is 18.3 Å². The fraction of sp³-hybridized carbons (Fsp3) is 0.643. The number of aryl methyl sites for hydroxylation is 1. The Kier molecular flexibility index (Phi) is 3.33. The Morgan fingerprint density at radius 3 is 3.06 bits per heavy atom. The lowest BCUT2D eigenvalue weighted by molar-refractivity contribution is 0.0252. The molecule has 1 aromatic rings. The van der Waals surface area contributed by atoms with Gasteiger partial charge in [-0.05, 0) is 44.2 Å². The Balaban J connectivity index is 1.81. The van der Waals surface area contributed by atoms with Gasteiger partial charge in [0.25, 0.3) is 0 Å². The monoisotopic (exact) mass is 247 g/mol. The quantitative estimate of drug-likeness (QED) is 0.628. The van der Waals surface area contributed by atoms with E-state index in [1.54, 1.807) is 0 Å². The molecule has 2 heterocycles. The van der Waals surface area contributed by atoms with Crippen molar-refractivity contribution < 1.29 is 4.74 Å². The number of pyridine rings is 1. The van der Waals surface area contributed by atoms with Crippen molar-refractivity contribution in [1.82, 2.24) is 10.4 Å². The first-order valence-electron chi connectivity index (χ1n) is 6.85. The zero-order chi connectivity index (χ0) is 12.5. The van der Waals surface area contributed by atoms with E-state index in [1.165, 1.54) is 11.3 Å². The summed E-state index contributed by atoms with van der Waals surface area (Å²) in [5.74, 6) is 6.17. The number of nitrogens with two attached hydrogens (primary N) is 1. The number of fused-ring (bicyclic) bond motifs is 1. The van der Waals surface area contributed by atoms with Crippen molar-refractivity contribution in [3.05, 3.63) is 29.6 Å². The molecule has 0 aromatic carbocycles. The lowest BCUT2D eigenvalue weighted by atomic mass is 9.91. The number of nitrogens with one attached hydrogen (secondary N) is 1. The highest BCUT2D eigenvalue weighted by Gasteiger charge is 2.38. The molecule has 98 valence electrons. The Morgan fingerprint density at radius 2 is 2.33 bits per heavy atom. The van der Waals surface area contributed by atoms with Gasteiger partial charge >= 0.3 is 0 Å². The largest absolute Gasteiger partial charge is 0.374 e. The average Bonchev–Trinajstić information content (AvgIpc) is 2.98. The molecule has 0 spiro atoms. The SMILES string of the molecule is CC1CCC(C(NN)C2CCc3cccnc32)O1. The molecule has 1 aliphatic heterocycles. The van der Waals surface area contributed by atoms with E-state index in [-0.39, 0.29) is 12.1 Å². The van der Waals surface area contributed by atoms with E-state index in [0.717, 1.165) is 25.7 Å². The second kappa shape index (κ2) is 4.96. The Morgan fingerprint density at radius 1 is 1.44 bits per heavy atom. The summed E-state index contributed by atoms with van der Waals surface area (Å²) in [6, 6.07) is 4.37. The van der Waals surface area contributed by atoms with Crippen LogP contribution in [0.2, 0.25) is 0 Å². The van der Waals surface area contributed by atoms with Crippen LogP contribution in [0.5, 0.6) is 0 Å². The van der Waals surface area contributed by atoms with Gasteiger partial charge in [0, 0.05) is 17.8 Å². The maximum atomic E-state index is 5.97. The van der Waals surface area contributed by atoms with Gasteiger partial charge in [0.2, 0.25) is 0 Å². The summed E-state index contributed by atoms with van der Waals surface area (Å²) in [5.41, 5.74) is 5.56. The number of hydrazine groups is 1. The minimum absolute atomic E-state index is 0.186. The fourth-order valence-electron chi connectivity index (χ4n) is 3.37. The van der Waals surface area contributed by atoms with Crippen molar-refractivity contribution >= 4 is 0 Å². The van der Waals surface area contributed by atoms with Crippen LogP contribution in [0.1, 0.15) is 43.4 Å². The van der Waals surface area contributed by atoms with Gasteiger partial charge in [0.1, 0.15) is 0 Å². The summed E-state index contributed by atoms with van der Waals surface area (Å²) in [6.07, 6.45) is 6.91. The maximum absolute atomic E-state index is 5.97. The lowest BCUT2D eigenvalue weighted by Gasteiger charge is -2.28. The van der Waals surface area contributed by atoms with Gasteiger partial charge in [-0.15, -0.1) is 0 Å². The van der Waals surface area contributed by atoms with Crippen molar-refractivity contribution in [2.45, 2.75) is 56.8 Å². The lowest BCUT2D eigenvalue weighted by Crippen LogP contribution is -2.47. The van der Waals surface area contributed by atoms with E-state index >= 15 is 0 Å². The highest BCUT2D eigenvalue weighted by molar-refractivity contribution is 5.30. The van der Waals surface area contributed by atoms with E-state index in [9.17, 15) is 0 Å². The van der Waals surface area contributed by atoms with Crippen LogP contribution in [0.25, 0.3) is 0 Å². The molecule has 1 aliphatic carbocycles. The predicted octanol–water partition coefficient (Wildman–Crippen LogP) is 1.51. The van der Waals surface area contributed by atoms with Crippen molar-refractivity contribution in [2.75, 3.05) is 0 Å². The predicted molar refractivity (Wildman–Crippen MR) is 70.0 cm³/mol. The molecule has 2 aliphatic rings. The van der Waals surface area contributed by atoms with Gasteiger partial charge in [0.05, 0.1) is 18.2 Å². The van der Waals surface area contributed by atoms with Gasteiger partial charge in [-0.3, -0.25) is 16.3 Å². The van der Waals surface area contributed by atoms with E-state index in [4.69, 9.17) is 10.6 Å². The highest BCUT2D eigenvalue weighted by atomic mass is 16.5. The van der Waals surface area contributed by atoms with Crippen LogP contribution < -0.4 is 11.3 Å². The molecule has 1 saturated heterocycles. The Hall–Kier alpha value is -0.970. The molecule has 4 unspecified atom stereocenters. The fourth-order valence-corrected chi connectivity index (χ4v) is 3.37. The van der Waals surface area contributed by atoms with Gasteiger partial charge < -0.3 is 4.74 Å². The molecular formula is C14H21N3O. The molecule has 0 radical (unpaired) electrons. The highest BCUT2D eigenvalue weighted by Crippen LogP contribution is 2.37. The molecule has 1 aromatic heterocycles. The molecule has 3 N–H and O–H groups in total. The molecule has 3 rings (SSSR count). The number of hydrogen-bond donors (Lipinski definition) is 2. The third-order valence-corrected chi connectivity index (χ3v) is 4.29. The van der Waals surface area contributed by atoms with Crippen LogP contribution >= 0.6 is 0 Å². The normalized spacial score (nSPS) is 32.4. The van der Waals surface area contributed by atoms with Gasteiger partial charge in [0.15, 0.2) is 0 Å². The van der Waals surface area contributed by atoms with Crippen molar-refractivity contribution in [2.24, 2.45) is 5.84 Å². The molecule has 0 saturated carbocycles. The third-order valence-electron chi connectivity index (χ3n) is 4.29. The summed E-state index contributed by atoms with van der Waals surface area (Å²) in [7, 11) is 0. The first-order valence-corrected chi connectivity index (χ1v) is 6.85. The number of nitrogens with zero attached hydrogens (tertiary/aromatic N) is 1. The van der Waals surface area contributed by atoms with E-state index in [1.807, 2.05) is 12.3 Å². The first kappa shape index (κ1) is 12.1. The van der Waals surface area contributed by atoms with E-state index < -0.39 is 0 Å². The number of rotatable bonds is 3. The van der Waals surface area contributed by atoms with Crippen molar-refractivity contribution in [3.63, 3.8) is 0 Å². The molecular weight excluding hydrogens is 226 g/mol. The molecule has 18 heavy (non-hydrogen) atoms. The number of ether oxygens (including phenoxy) is 1. The second-order valence-corrected chi connectivity index (χ2v) is 5.45. The van der Waals surface area contributed by atoms with Crippen LogP contribution in [0.3, 0.4) is 0 Å². The molecule has 0 bridgehead atoms. The van der Waals surface area contributed by atoms with Crippen molar-refractivity contribution in [1.29, 1.82) is 0 Å². The maximum Gasteiger partial charge on any atom is 0.0752 e. The summed E-state index contributed by atoms with van der Waals surface area (Å²) in [5, 5.41) is 0. The zero-order valence-electron chi connectivity index (χ0n) is 10.8. The van der Waals surface area contributed by atoms with Crippen LogP contribution in [0, 0.1) is 0 Å². The first-order chi connectivity index (χ1) is 8.79. The van der Waals surface area contributed by atoms with Crippen LogP contribution in [-0.4, -0.2) is 23.2 Å². The minimum Gasteiger partial charge on any atom is -0.374 e. The van der Waals surface area contributed by atoms with Crippen LogP contribution in [-0.2, 0) is 11.2 Å². The summed E-state index contributed by atoms with van der Waals surface area (Å²) in [4.78, 5) is 4.55. The smallest absolute Gasteiger partial charge is 0.0752 e. The molecule has 4 heteroatoms. The average molecular weight is 247 g/mol. The Bertz CT molecular complexity index is 423. The van der Waals surface area contributed by atoms with Gasteiger partial charge in [-0.1, -0.05) is 6.07 Å². The van der Waals surface area contributed by atoms with E-state index in [2.05, 4.69) is 23.4 Å². The number of aromatic nitrogens is 1. The standard InChI is InChI=1S/C14H21N3O/c1-9-4-7-12(18-9)14(17-15)11-6-5-10-3-2-8-16-13(10)11/h2-3,8-9,11-12,14,17H,4-7,15H2,1H3. The molecule has 4 atom stereocenters. The van der Waals surface area contributed by atoms with Crippen molar-refractivity contribution in [3.8, 4) is 0 Å². The minimum atomic E-state index is 0.186. The van der Waals surface area contributed by atoms with Gasteiger partial charge in [-0.2, -0.15) is 0 Å². The van der Waals surface area contributed by atoms with Crippen LogP contribution in [0.4, 0.5) is 0 Å².